The Morgan fingerprint density at radius 2 is 2.20 bits per heavy atom. The SMILES string of the molecule is N#Cc1ccc2ncc3[nH]cnc3c2c1. The first kappa shape index (κ1) is 7.94. The molecule has 0 saturated carbocycles. The predicted octanol–water partition coefficient (Wildman–Crippen LogP) is 1.98. The van der Waals surface area contributed by atoms with Gasteiger partial charge in [0.1, 0.15) is 0 Å². The molecule has 0 amide bonds. The second-order valence-corrected chi connectivity index (χ2v) is 3.27. The van der Waals surface area contributed by atoms with Crippen molar-refractivity contribution < 1.29 is 0 Å². The van der Waals surface area contributed by atoms with Crippen molar-refractivity contribution in [2.24, 2.45) is 0 Å². The highest BCUT2D eigenvalue weighted by Gasteiger charge is 2.04. The van der Waals surface area contributed by atoms with Crippen LogP contribution in [0.1, 0.15) is 5.56 Å². The molecule has 15 heavy (non-hydrogen) atoms. The number of nitrogens with zero attached hydrogens (tertiary/aromatic N) is 3. The number of H-pyrrole nitrogens is 1. The highest BCUT2D eigenvalue weighted by atomic mass is 14.9. The summed E-state index contributed by atoms with van der Waals surface area (Å²) in [7, 11) is 0. The molecule has 0 aliphatic heterocycles. The van der Waals surface area contributed by atoms with E-state index in [1.165, 1.54) is 0 Å². The maximum atomic E-state index is 8.82. The largest absolute Gasteiger partial charge is 0.343 e. The normalized spacial score (nSPS) is 10.6. The molecule has 0 spiro atoms. The van der Waals surface area contributed by atoms with Crippen LogP contribution < -0.4 is 0 Å². The van der Waals surface area contributed by atoms with Gasteiger partial charge in [-0.3, -0.25) is 4.98 Å². The van der Waals surface area contributed by atoms with Gasteiger partial charge in [0.15, 0.2) is 0 Å². The van der Waals surface area contributed by atoms with E-state index in [1.54, 1.807) is 18.6 Å². The molecule has 0 bridgehead atoms. The van der Waals surface area contributed by atoms with Gasteiger partial charge in [0.05, 0.1) is 40.7 Å². The van der Waals surface area contributed by atoms with E-state index in [4.69, 9.17) is 5.26 Å². The van der Waals surface area contributed by atoms with E-state index < -0.39 is 0 Å². The van der Waals surface area contributed by atoms with Gasteiger partial charge in [-0.25, -0.2) is 4.98 Å². The van der Waals surface area contributed by atoms with Crippen LogP contribution in [0.5, 0.6) is 0 Å². The third-order valence-electron chi connectivity index (χ3n) is 2.38. The first-order valence-electron chi connectivity index (χ1n) is 4.50. The summed E-state index contributed by atoms with van der Waals surface area (Å²) in [5.74, 6) is 0. The van der Waals surface area contributed by atoms with Crippen molar-refractivity contribution in [2.75, 3.05) is 0 Å². The van der Waals surface area contributed by atoms with Crippen LogP contribution in [0.25, 0.3) is 21.9 Å². The quantitative estimate of drug-likeness (QED) is 0.595. The Morgan fingerprint density at radius 3 is 3.07 bits per heavy atom. The van der Waals surface area contributed by atoms with Crippen molar-refractivity contribution in [1.29, 1.82) is 5.26 Å². The van der Waals surface area contributed by atoms with Gasteiger partial charge in [0, 0.05) is 5.39 Å². The van der Waals surface area contributed by atoms with Crippen molar-refractivity contribution in [3.05, 3.63) is 36.3 Å². The number of aromatic nitrogens is 3. The van der Waals surface area contributed by atoms with Gasteiger partial charge in [-0.1, -0.05) is 0 Å². The van der Waals surface area contributed by atoms with Crippen molar-refractivity contribution >= 4 is 21.9 Å². The van der Waals surface area contributed by atoms with Crippen molar-refractivity contribution in [3.63, 3.8) is 0 Å². The van der Waals surface area contributed by atoms with Crippen LogP contribution in [0.15, 0.2) is 30.7 Å². The first-order chi connectivity index (χ1) is 7.38. The molecule has 2 aromatic heterocycles. The molecule has 3 aromatic rings. The van der Waals surface area contributed by atoms with Gasteiger partial charge in [-0.15, -0.1) is 0 Å². The Morgan fingerprint density at radius 1 is 1.27 bits per heavy atom. The fourth-order valence-corrected chi connectivity index (χ4v) is 1.66. The minimum absolute atomic E-state index is 0.625. The number of benzene rings is 1. The average Bonchev–Trinajstić information content (AvgIpc) is 2.76. The van der Waals surface area contributed by atoms with Crippen LogP contribution in [0.4, 0.5) is 0 Å². The van der Waals surface area contributed by atoms with E-state index >= 15 is 0 Å². The molecule has 0 aliphatic carbocycles. The van der Waals surface area contributed by atoms with E-state index in [9.17, 15) is 0 Å². The van der Waals surface area contributed by atoms with Crippen LogP contribution in [-0.2, 0) is 0 Å². The van der Waals surface area contributed by atoms with E-state index in [1.807, 2.05) is 12.1 Å². The molecule has 3 rings (SSSR count). The third kappa shape index (κ3) is 1.07. The van der Waals surface area contributed by atoms with E-state index in [0.29, 0.717) is 5.56 Å². The third-order valence-corrected chi connectivity index (χ3v) is 2.38. The number of rotatable bonds is 0. The molecular weight excluding hydrogens is 188 g/mol. The summed E-state index contributed by atoms with van der Waals surface area (Å²) in [6.07, 6.45) is 3.38. The lowest BCUT2D eigenvalue weighted by Crippen LogP contribution is -1.82. The minimum atomic E-state index is 0.625. The lowest BCUT2D eigenvalue weighted by atomic mass is 10.1. The van der Waals surface area contributed by atoms with Crippen LogP contribution in [-0.4, -0.2) is 15.0 Å². The molecule has 0 aliphatic rings. The molecule has 0 fully saturated rings. The Labute approximate surface area is 85.2 Å². The number of hydrogen-bond acceptors (Lipinski definition) is 3. The number of fused-ring (bicyclic) bond motifs is 3. The summed E-state index contributed by atoms with van der Waals surface area (Å²) >= 11 is 0. The summed E-state index contributed by atoms with van der Waals surface area (Å²) in [5, 5.41) is 9.73. The van der Waals surface area contributed by atoms with Gasteiger partial charge in [-0.2, -0.15) is 5.26 Å². The molecule has 1 N–H and O–H groups in total. The number of aromatic amines is 1. The van der Waals surface area contributed by atoms with Crippen molar-refractivity contribution in [2.45, 2.75) is 0 Å². The van der Waals surface area contributed by atoms with Crippen LogP contribution in [0.2, 0.25) is 0 Å². The molecular formula is C11H6N4. The molecule has 0 radical (unpaired) electrons. The Kier molecular flexibility index (Phi) is 1.48. The lowest BCUT2D eigenvalue weighted by Gasteiger charge is -1.97. The number of nitriles is 1. The highest BCUT2D eigenvalue weighted by molar-refractivity contribution is 6.01. The van der Waals surface area contributed by atoms with E-state index in [0.717, 1.165) is 21.9 Å². The van der Waals surface area contributed by atoms with Gasteiger partial charge in [-0.05, 0) is 18.2 Å². The number of imidazole rings is 1. The van der Waals surface area contributed by atoms with Gasteiger partial charge >= 0.3 is 0 Å². The van der Waals surface area contributed by atoms with E-state index in [2.05, 4.69) is 21.0 Å². The van der Waals surface area contributed by atoms with Crippen molar-refractivity contribution in [3.8, 4) is 6.07 Å². The Balaban J connectivity index is 2.54. The molecule has 4 nitrogen and oxygen atoms in total. The van der Waals surface area contributed by atoms with Gasteiger partial charge in [0.25, 0.3) is 0 Å². The predicted molar refractivity (Wildman–Crippen MR) is 56.1 cm³/mol. The average molecular weight is 194 g/mol. The minimum Gasteiger partial charge on any atom is -0.343 e. The standard InChI is InChI=1S/C11H6N4/c12-4-7-1-2-9-8(3-7)11-10(5-13-9)14-6-15-11/h1-3,5-6H,(H,14,15). The van der Waals surface area contributed by atoms with Crippen LogP contribution in [0.3, 0.4) is 0 Å². The summed E-state index contributed by atoms with van der Waals surface area (Å²) in [6.45, 7) is 0. The first-order valence-corrected chi connectivity index (χ1v) is 4.50. The zero-order valence-electron chi connectivity index (χ0n) is 7.73. The molecule has 2 heterocycles. The molecule has 0 atom stereocenters. The van der Waals surface area contributed by atoms with Crippen LogP contribution in [0, 0.1) is 11.3 Å². The smallest absolute Gasteiger partial charge is 0.0992 e. The summed E-state index contributed by atoms with van der Waals surface area (Å²) in [4.78, 5) is 11.5. The topological polar surface area (TPSA) is 65.4 Å². The second-order valence-electron chi connectivity index (χ2n) is 3.27. The molecule has 0 unspecified atom stereocenters. The molecule has 1 aromatic carbocycles. The zero-order chi connectivity index (χ0) is 10.3. The second kappa shape index (κ2) is 2.79. The molecule has 4 heteroatoms. The summed E-state index contributed by atoms with van der Waals surface area (Å²) < 4.78 is 0. The number of hydrogen-bond donors (Lipinski definition) is 1. The molecule has 0 saturated heterocycles. The van der Waals surface area contributed by atoms with Crippen molar-refractivity contribution in [1.82, 2.24) is 15.0 Å². The fraction of sp³-hybridized carbons (Fsp3) is 0. The van der Waals surface area contributed by atoms with Gasteiger partial charge in [0.2, 0.25) is 0 Å². The lowest BCUT2D eigenvalue weighted by molar-refractivity contribution is 1.34. The number of pyridine rings is 1. The zero-order valence-corrected chi connectivity index (χ0v) is 7.73. The summed E-state index contributed by atoms with van der Waals surface area (Å²) in [6, 6.07) is 7.51. The molecule has 70 valence electrons. The fourth-order valence-electron chi connectivity index (χ4n) is 1.66. The van der Waals surface area contributed by atoms with Crippen LogP contribution >= 0.6 is 0 Å². The van der Waals surface area contributed by atoms with Gasteiger partial charge < -0.3 is 4.98 Å². The number of nitrogens with one attached hydrogen (secondary N) is 1. The highest BCUT2D eigenvalue weighted by Crippen LogP contribution is 2.21. The maximum Gasteiger partial charge on any atom is 0.0992 e. The Hall–Kier alpha value is -2.41. The maximum absolute atomic E-state index is 8.82. The monoisotopic (exact) mass is 194 g/mol. The summed E-state index contributed by atoms with van der Waals surface area (Å²) in [5.41, 5.74) is 3.23. The van der Waals surface area contributed by atoms with E-state index in [-0.39, 0.29) is 0 Å². The Bertz CT molecular complexity index is 690.